The summed E-state index contributed by atoms with van der Waals surface area (Å²) >= 11 is 2.04. The Bertz CT molecular complexity index is 449. The molecule has 116 valence electrons. The van der Waals surface area contributed by atoms with Crippen LogP contribution in [0.1, 0.15) is 37.7 Å². The van der Waals surface area contributed by atoms with Crippen molar-refractivity contribution < 1.29 is 0 Å². The molecule has 1 N–H and O–H groups in total. The lowest BCUT2D eigenvalue weighted by Crippen LogP contribution is -2.41. The van der Waals surface area contributed by atoms with E-state index in [0.717, 1.165) is 11.8 Å². The van der Waals surface area contributed by atoms with Gasteiger partial charge in [-0.15, -0.1) is 11.8 Å². The fourth-order valence-corrected chi connectivity index (χ4v) is 4.90. The summed E-state index contributed by atoms with van der Waals surface area (Å²) in [6.07, 6.45) is 4.02. The number of thioether (sulfide) groups is 1. The highest BCUT2D eigenvalue weighted by atomic mass is 32.2. The van der Waals surface area contributed by atoms with Gasteiger partial charge in [-0.25, -0.2) is 0 Å². The highest BCUT2D eigenvalue weighted by Crippen LogP contribution is 2.39. The van der Waals surface area contributed by atoms with Gasteiger partial charge in [-0.05, 0) is 56.4 Å². The van der Waals surface area contributed by atoms with Crippen LogP contribution in [-0.2, 0) is 0 Å². The molecule has 1 fully saturated rings. The quantitative estimate of drug-likeness (QED) is 0.809. The van der Waals surface area contributed by atoms with E-state index in [4.69, 9.17) is 0 Å². The predicted molar refractivity (Wildman–Crippen MR) is 92.2 cm³/mol. The summed E-state index contributed by atoms with van der Waals surface area (Å²) in [4.78, 5) is 4.23. The Kier molecular flexibility index (Phi) is 5.61. The number of nitrogens with zero attached hydrogens (tertiary/aromatic N) is 1. The summed E-state index contributed by atoms with van der Waals surface area (Å²) < 4.78 is 0. The van der Waals surface area contributed by atoms with E-state index in [9.17, 15) is 0 Å². The summed E-state index contributed by atoms with van der Waals surface area (Å²) in [6.45, 7) is 8.47. The Morgan fingerprint density at radius 1 is 1.33 bits per heavy atom. The average molecular weight is 305 g/mol. The van der Waals surface area contributed by atoms with Gasteiger partial charge in [0.05, 0.1) is 0 Å². The van der Waals surface area contributed by atoms with E-state index in [2.05, 4.69) is 41.4 Å². The van der Waals surface area contributed by atoms with Gasteiger partial charge in [-0.1, -0.05) is 25.1 Å². The fourth-order valence-electron chi connectivity index (χ4n) is 3.66. The number of hydrogen-bond donors (Lipinski definition) is 1. The third kappa shape index (κ3) is 4.02. The van der Waals surface area contributed by atoms with Crippen LogP contribution >= 0.6 is 11.8 Å². The van der Waals surface area contributed by atoms with E-state index < -0.39 is 0 Å². The van der Waals surface area contributed by atoms with E-state index in [1.807, 2.05) is 11.8 Å². The molecule has 0 saturated carbocycles. The fraction of sp³-hybridized carbons (Fsp3) is 0.667. The molecule has 3 rings (SSSR count). The normalized spacial score (nSPS) is 26.0. The number of hydrogen-bond acceptors (Lipinski definition) is 3. The Morgan fingerprint density at radius 2 is 2.24 bits per heavy atom. The first-order chi connectivity index (χ1) is 10.4. The first-order valence-corrected chi connectivity index (χ1v) is 9.50. The van der Waals surface area contributed by atoms with Crippen molar-refractivity contribution in [1.82, 2.24) is 10.2 Å². The van der Waals surface area contributed by atoms with Crippen molar-refractivity contribution in [2.75, 3.05) is 38.5 Å². The maximum absolute atomic E-state index is 3.60. The van der Waals surface area contributed by atoms with Crippen molar-refractivity contribution in [3.63, 3.8) is 0 Å². The van der Waals surface area contributed by atoms with Crippen molar-refractivity contribution in [3.05, 3.63) is 29.8 Å². The van der Waals surface area contributed by atoms with Crippen molar-refractivity contribution in [2.45, 2.75) is 37.0 Å². The first kappa shape index (κ1) is 15.4. The van der Waals surface area contributed by atoms with Gasteiger partial charge in [-0.2, -0.15) is 0 Å². The summed E-state index contributed by atoms with van der Waals surface area (Å²) in [7, 11) is 0. The molecule has 2 unspecified atom stereocenters. The van der Waals surface area contributed by atoms with E-state index in [0.29, 0.717) is 0 Å². The molecule has 2 heterocycles. The number of fused-ring (bicyclic) bond motifs is 1. The second-order valence-corrected chi connectivity index (χ2v) is 7.58. The molecule has 1 saturated heterocycles. The molecule has 0 amide bonds. The molecule has 0 aromatic heterocycles. The summed E-state index contributed by atoms with van der Waals surface area (Å²) in [5, 5.41) is 3.60. The van der Waals surface area contributed by atoms with Crippen LogP contribution in [0.25, 0.3) is 0 Å². The van der Waals surface area contributed by atoms with E-state index in [1.54, 1.807) is 5.56 Å². The van der Waals surface area contributed by atoms with Crippen LogP contribution in [0.15, 0.2) is 29.2 Å². The maximum Gasteiger partial charge on any atom is 0.0108 e. The lowest BCUT2D eigenvalue weighted by Gasteiger charge is -2.34. The van der Waals surface area contributed by atoms with Gasteiger partial charge in [0.15, 0.2) is 0 Å². The van der Waals surface area contributed by atoms with Crippen LogP contribution in [0.3, 0.4) is 0 Å². The average Bonchev–Trinajstić information content (AvgIpc) is 2.91. The van der Waals surface area contributed by atoms with Gasteiger partial charge in [0, 0.05) is 29.7 Å². The second kappa shape index (κ2) is 7.66. The number of piperidine rings is 1. The van der Waals surface area contributed by atoms with Gasteiger partial charge < -0.3 is 10.2 Å². The highest BCUT2D eigenvalue weighted by Gasteiger charge is 2.27. The molecule has 2 nitrogen and oxygen atoms in total. The molecular formula is C18H28N2S. The largest absolute Gasteiger partial charge is 0.316 e. The standard InChI is InChI=1S/C18H28N2S/c1-2-9-19-11-15-6-5-10-20(12-15)13-16-14-21-18-8-4-3-7-17(16)18/h3-4,7-8,15-16,19H,2,5-6,9-14H2,1H3. The van der Waals surface area contributed by atoms with Crippen LogP contribution in [0.4, 0.5) is 0 Å². The zero-order valence-corrected chi connectivity index (χ0v) is 14.0. The lowest BCUT2D eigenvalue weighted by atomic mass is 9.95. The van der Waals surface area contributed by atoms with Crippen LogP contribution < -0.4 is 5.32 Å². The minimum absolute atomic E-state index is 0.744. The van der Waals surface area contributed by atoms with Crippen LogP contribution in [0.5, 0.6) is 0 Å². The molecule has 0 spiro atoms. The van der Waals surface area contributed by atoms with Gasteiger partial charge in [-0.3, -0.25) is 0 Å². The zero-order chi connectivity index (χ0) is 14.5. The highest BCUT2D eigenvalue weighted by molar-refractivity contribution is 7.99. The van der Waals surface area contributed by atoms with Crippen LogP contribution in [-0.4, -0.2) is 43.4 Å². The molecule has 1 aromatic carbocycles. The summed E-state index contributed by atoms with van der Waals surface area (Å²) in [5.74, 6) is 2.87. The van der Waals surface area contributed by atoms with E-state index in [-0.39, 0.29) is 0 Å². The predicted octanol–water partition coefficient (Wildman–Crippen LogP) is 3.59. The zero-order valence-electron chi connectivity index (χ0n) is 13.2. The van der Waals surface area contributed by atoms with Crippen molar-refractivity contribution in [2.24, 2.45) is 5.92 Å². The molecular weight excluding hydrogens is 276 g/mol. The molecule has 3 heteroatoms. The van der Waals surface area contributed by atoms with Crippen molar-refractivity contribution in [3.8, 4) is 0 Å². The minimum atomic E-state index is 0.744. The second-order valence-electron chi connectivity index (χ2n) is 6.52. The first-order valence-electron chi connectivity index (χ1n) is 8.51. The Hall–Kier alpha value is -0.510. The van der Waals surface area contributed by atoms with Crippen molar-refractivity contribution in [1.29, 1.82) is 0 Å². The third-order valence-electron chi connectivity index (χ3n) is 4.74. The monoisotopic (exact) mass is 304 g/mol. The molecule has 2 aliphatic rings. The molecule has 21 heavy (non-hydrogen) atoms. The smallest absolute Gasteiger partial charge is 0.0108 e. The molecule has 0 bridgehead atoms. The third-order valence-corrected chi connectivity index (χ3v) is 5.99. The summed E-state index contributed by atoms with van der Waals surface area (Å²) in [5.41, 5.74) is 1.59. The van der Waals surface area contributed by atoms with Crippen LogP contribution in [0.2, 0.25) is 0 Å². The molecule has 2 atom stereocenters. The number of benzene rings is 1. The number of likely N-dealkylation sites (tertiary alicyclic amines) is 1. The van der Waals surface area contributed by atoms with Gasteiger partial charge in [0.1, 0.15) is 0 Å². The van der Waals surface area contributed by atoms with Gasteiger partial charge in [0.2, 0.25) is 0 Å². The number of rotatable bonds is 6. The Balaban J connectivity index is 1.51. The number of nitrogens with one attached hydrogen (secondary N) is 1. The van der Waals surface area contributed by atoms with Crippen LogP contribution in [0, 0.1) is 5.92 Å². The molecule has 0 aliphatic carbocycles. The minimum Gasteiger partial charge on any atom is -0.316 e. The van der Waals surface area contributed by atoms with Crippen molar-refractivity contribution >= 4 is 11.8 Å². The summed E-state index contributed by atoms with van der Waals surface area (Å²) in [6, 6.07) is 8.99. The van der Waals surface area contributed by atoms with E-state index in [1.165, 1.54) is 62.6 Å². The SMILES string of the molecule is CCCNCC1CCCN(CC2CSc3ccccc32)C1. The topological polar surface area (TPSA) is 15.3 Å². The lowest BCUT2D eigenvalue weighted by molar-refractivity contribution is 0.166. The van der Waals surface area contributed by atoms with E-state index >= 15 is 0 Å². The molecule has 1 aromatic rings. The van der Waals surface area contributed by atoms with Gasteiger partial charge >= 0.3 is 0 Å². The maximum atomic E-state index is 3.60. The Labute approximate surface area is 133 Å². The molecule has 2 aliphatic heterocycles. The molecule has 0 radical (unpaired) electrons. The Morgan fingerprint density at radius 3 is 3.14 bits per heavy atom. The van der Waals surface area contributed by atoms with Gasteiger partial charge in [0.25, 0.3) is 0 Å².